The van der Waals surface area contributed by atoms with Crippen LogP contribution in [0.3, 0.4) is 0 Å². The van der Waals surface area contributed by atoms with Crippen molar-refractivity contribution in [3.05, 3.63) is 33.5 Å². The smallest absolute Gasteiger partial charge is 0.175 e. The van der Waals surface area contributed by atoms with Gasteiger partial charge in [0.05, 0.1) is 30.6 Å². The number of aromatic nitrogens is 2. The van der Waals surface area contributed by atoms with Crippen LogP contribution in [-0.2, 0) is 0 Å². The summed E-state index contributed by atoms with van der Waals surface area (Å²) in [7, 11) is 3.06. The summed E-state index contributed by atoms with van der Waals surface area (Å²) in [5.41, 5.74) is 1.09. The number of benzene rings is 1. The largest absolute Gasteiger partial charge is 0.495 e. The second-order valence-electron chi connectivity index (χ2n) is 3.68. The Hall–Kier alpha value is -1.43. The number of nitrogens with zero attached hydrogens (tertiary/aromatic N) is 2. The minimum absolute atomic E-state index is 0.184. The second kappa shape index (κ2) is 6.35. The molecular formula is C12H10Cl3N3O2. The highest BCUT2D eigenvalue weighted by Crippen LogP contribution is 2.38. The van der Waals surface area contributed by atoms with Crippen LogP contribution in [0.4, 0.5) is 11.4 Å². The van der Waals surface area contributed by atoms with Crippen LogP contribution in [0.2, 0.25) is 15.3 Å². The molecule has 2 rings (SSSR count). The van der Waals surface area contributed by atoms with Crippen LogP contribution < -0.4 is 14.8 Å². The fourth-order valence-electron chi connectivity index (χ4n) is 1.54. The first-order chi connectivity index (χ1) is 9.55. The normalized spacial score (nSPS) is 10.2. The minimum Gasteiger partial charge on any atom is -0.495 e. The van der Waals surface area contributed by atoms with Crippen LogP contribution in [0.15, 0.2) is 18.2 Å². The summed E-state index contributed by atoms with van der Waals surface area (Å²) in [6.45, 7) is 0. The Balaban J connectivity index is 2.42. The van der Waals surface area contributed by atoms with E-state index in [4.69, 9.17) is 44.3 Å². The van der Waals surface area contributed by atoms with Crippen molar-refractivity contribution >= 4 is 46.2 Å². The van der Waals surface area contributed by atoms with E-state index < -0.39 is 0 Å². The van der Waals surface area contributed by atoms with Crippen molar-refractivity contribution < 1.29 is 9.47 Å². The van der Waals surface area contributed by atoms with Crippen LogP contribution in [-0.4, -0.2) is 24.4 Å². The van der Waals surface area contributed by atoms with Gasteiger partial charge in [0.25, 0.3) is 0 Å². The van der Waals surface area contributed by atoms with Crippen LogP contribution in [0, 0.1) is 0 Å². The lowest BCUT2D eigenvalue weighted by Crippen LogP contribution is -1.98. The molecule has 0 aliphatic heterocycles. The monoisotopic (exact) mass is 333 g/mol. The molecule has 0 bridgehead atoms. The Morgan fingerprint density at radius 2 is 1.60 bits per heavy atom. The number of anilines is 2. The summed E-state index contributed by atoms with van der Waals surface area (Å²) in [6, 6.07) is 4.87. The minimum atomic E-state index is 0.184. The maximum atomic E-state index is 6.09. The van der Waals surface area contributed by atoms with E-state index in [1.54, 1.807) is 18.2 Å². The Morgan fingerprint density at radius 1 is 0.900 bits per heavy atom. The third-order valence-electron chi connectivity index (χ3n) is 2.46. The van der Waals surface area contributed by atoms with E-state index in [1.165, 1.54) is 14.2 Å². The first kappa shape index (κ1) is 15.0. The van der Waals surface area contributed by atoms with Crippen molar-refractivity contribution in [2.45, 2.75) is 0 Å². The van der Waals surface area contributed by atoms with Gasteiger partial charge in [-0.1, -0.05) is 34.8 Å². The van der Waals surface area contributed by atoms with E-state index in [0.29, 0.717) is 27.9 Å². The highest BCUT2D eigenvalue weighted by molar-refractivity contribution is 6.34. The predicted molar refractivity (Wildman–Crippen MR) is 79.9 cm³/mol. The average molecular weight is 335 g/mol. The van der Waals surface area contributed by atoms with Gasteiger partial charge in [0.1, 0.15) is 11.5 Å². The Morgan fingerprint density at radius 3 is 2.25 bits per heavy atom. The number of rotatable bonds is 4. The van der Waals surface area contributed by atoms with Crippen LogP contribution >= 0.6 is 34.8 Å². The summed E-state index contributed by atoms with van der Waals surface area (Å²) in [5, 5.41) is 11.2. The molecule has 1 heterocycles. The first-order valence-electron chi connectivity index (χ1n) is 5.42. The van der Waals surface area contributed by atoms with E-state index in [0.717, 1.165) is 0 Å². The topological polar surface area (TPSA) is 56.3 Å². The zero-order valence-corrected chi connectivity index (χ0v) is 12.8. The second-order valence-corrected chi connectivity index (χ2v) is 4.84. The van der Waals surface area contributed by atoms with Crippen molar-refractivity contribution in [1.29, 1.82) is 0 Å². The molecule has 0 aliphatic rings. The van der Waals surface area contributed by atoms with Crippen LogP contribution in [0.25, 0.3) is 0 Å². The standard InChI is InChI=1S/C12H10Cl3N3O2/c1-19-9-5-10(20-2)7(3-6(9)13)16-8-4-11(14)17-18-12(8)15/h3-5H,1-2H3,(H,16,17). The van der Waals surface area contributed by atoms with Gasteiger partial charge >= 0.3 is 0 Å². The number of methoxy groups -OCH3 is 2. The van der Waals surface area contributed by atoms with Crippen molar-refractivity contribution in [3.63, 3.8) is 0 Å². The molecule has 0 spiro atoms. The van der Waals surface area contributed by atoms with Crippen molar-refractivity contribution in [2.24, 2.45) is 0 Å². The maximum absolute atomic E-state index is 6.09. The molecule has 8 heteroatoms. The molecule has 0 fully saturated rings. The van der Waals surface area contributed by atoms with Gasteiger partial charge in [0, 0.05) is 12.1 Å². The molecule has 20 heavy (non-hydrogen) atoms. The van der Waals surface area contributed by atoms with Crippen molar-refractivity contribution in [3.8, 4) is 11.5 Å². The van der Waals surface area contributed by atoms with Crippen molar-refractivity contribution in [2.75, 3.05) is 19.5 Å². The fourth-order valence-corrected chi connectivity index (χ4v) is 2.07. The van der Waals surface area contributed by atoms with E-state index in [2.05, 4.69) is 15.5 Å². The molecule has 0 atom stereocenters. The molecular weight excluding hydrogens is 325 g/mol. The maximum Gasteiger partial charge on any atom is 0.175 e. The van der Waals surface area contributed by atoms with Gasteiger partial charge in [-0.15, -0.1) is 10.2 Å². The Labute approximate surface area is 130 Å². The molecule has 106 valence electrons. The number of hydrogen-bond acceptors (Lipinski definition) is 5. The lowest BCUT2D eigenvalue weighted by Gasteiger charge is -2.14. The first-order valence-corrected chi connectivity index (χ1v) is 6.55. The third-order valence-corrected chi connectivity index (χ3v) is 3.22. The summed E-state index contributed by atoms with van der Waals surface area (Å²) in [5.74, 6) is 1.04. The molecule has 1 aromatic heterocycles. The molecule has 0 saturated heterocycles. The molecule has 1 aromatic carbocycles. The van der Waals surface area contributed by atoms with E-state index in [9.17, 15) is 0 Å². The molecule has 0 unspecified atom stereocenters. The number of hydrogen-bond donors (Lipinski definition) is 1. The van der Waals surface area contributed by atoms with E-state index in [1.807, 2.05) is 0 Å². The molecule has 5 nitrogen and oxygen atoms in total. The van der Waals surface area contributed by atoms with Gasteiger partial charge < -0.3 is 14.8 Å². The molecule has 2 aromatic rings. The summed E-state index contributed by atoms with van der Waals surface area (Å²) < 4.78 is 10.4. The summed E-state index contributed by atoms with van der Waals surface area (Å²) in [6.07, 6.45) is 0. The van der Waals surface area contributed by atoms with Crippen LogP contribution in [0.5, 0.6) is 11.5 Å². The quantitative estimate of drug-likeness (QED) is 0.908. The van der Waals surface area contributed by atoms with Gasteiger partial charge in [-0.3, -0.25) is 0 Å². The van der Waals surface area contributed by atoms with Gasteiger partial charge in [-0.2, -0.15) is 0 Å². The summed E-state index contributed by atoms with van der Waals surface area (Å²) in [4.78, 5) is 0. The van der Waals surface area contributed by atoms with Crippen molar-refractivity contribution in [1.82, 2.24) is 10.2 Å². The lowest BCUT2D eigenvalue weighted by molar-refractivity contribution is 0.396. The molecule has 0 radical (unpaired) electrons. The highest BCUT2D eigenvalue weighted by atomic mass is 35.5. The number of ether oxygens (including phenoxy) is 2. The Kier molecular flexibility index (Phi) is 4.75. The van der Waals surface area contributed by atoms with Crippen LogP contribution in [0.1, 0.15) is 0 Å². The summed E-state index contributed by atoms with van der Waals surface area (Å²) >= 11 is 17.8. The lowest BCUT2D eigenvalue weighted by atomic mass is 10.2. The highest BCUT2D eigenvalue weighted by Gasteiger charge is 2.12. The SMILES string of the molecule is COc1cc(OC)c(Nc2cc(Cl)nnc2Cl)cc1Cl. The Bertz CT molecular complexity index is 638. The van der Waals surface area contributed by atoms with Gasteiger partial charge in [0.2, 0.25) is 0 Å². The van der Waals surface area contributed by atoms with E-state index >= 15 is 0 Å². The third kappa shape index (κ3) is 3.17. The molecule has 0 aliphatic carbocycles. The molecule has 0 saturated carbocycles. The molecule has 1 N–H and O–H groups in total. The molecule has 0 amide bonds. The van der Waals surface area contributed by atoms with Gasteiger partial charge in [-0.05, 0) is 6.07 Å². The van der Waals surface area contributed by atoms with Gasteiger partial charge in [-0.25, -0.2) is 0 Å². The average Bonchev–Trinajstić information content (AvgIpc) is 2.43. The zero-order valence-electron chi connectivity index (χ0n) is 10.6. The number of nitrogens with one attached hydrogen (secondary N) is 1. The number of halogens is 3. The fraction of sp³-hybridized carbons (Fsp3) is 0.167. The zero-order chi connectivity index (χ0) is 14.7. The van der Waals surface area contributed by atoms with E-state index in [-0.39, 0.29) is 10.3 Å². The van der Waals surface area contributed by atoms with Gasteiger partial charge in [0.15, 0.2) is 10.3 Å². The predicted octanol–water partition coefficient (Wildman–Crippen LogP) is 4.20.